The zero-order chi connectivity index (χ0) is 33.3. The van der Waals surface area contributed by atoms with E-state index in [0.29, 0.717) is 54.5 Å². The van der Waals surface area contributed by atoms with Gasteiger partial charge in [-0.3, -0.25) is 4.90 Å². The van der Waals surface area contributed by atoms with E-state index in [4.69, 9.17) is 19.4 Å². The molecule has 0 saturated carbocycles. The molecule has 0 amide bonds. The highest BCUT2D eigenvalue weighted by molar-refractivity contribution is 6.05. The van der Waals surface area contributed by atoms with Crippen LogP contribution in [0.2, 0.25) is 0 Å². The summed E-state index contributed by atoms with van der Waals surface area (Å²) < 4.78 is 59.6. The van der Waals surface area contributed by atoms with Crippen LogP contribution in [0, 0.1) is 11.6 Å². The number of nitrogens with zero attached hydrogens (tertiary/aromatic N) is 5. The number of halogens is 3. The first-order valence-electron chi connectivity index (χ1n) is 16.5. The van der Waals surface area contributed by atoms with Gasteiger partial charge in [0.15, 0.2) is 5.82 Å². The Balaban J connectivity index is 1.34. The fraction of sp³-hybridized carbons (Fsp3) is 0.417. The van der Waals surface area contributed by atoms with Crippen molar-refractivity contribution in [3.8, 4) is 28.9 Å². The van der Waals surface area contributed by atoms with Gasteiger partial charge in [-0.05, 0) is 56.3 Å². The fourth-order valence-electron chi connectivity index (χ4n) is 8.24. The molecule has 4 aliphatic heterocycles. The molecule has 0 bridgehead atoms. The van der Waals surface area contributed by atoms with Gasteiger partial charge in [0.05, 0.1) is 11.6 Å². The summed E-state index contributed by atoms with van der Waals surface area (Å²) in [5.74, 6) is -0.939. The topological polar surface area (TPSA) is 95.9 Å². The van der Waals surface area contributed by atoms with Crippen LogP contribution in [0.1, 0.15) is 38.2 Å². The third kappa shape index (κ3) is 4.87. The monoisotopic (exact) mass is 658 g/mol. The molecule has 0 unspecified atom stereocenters. The fourth-order valence-corrected chi connectivity index (χ4v) is 8.24. The van der Waals surface area contributed by atoms with Crippen LogP contribution in [0.4, 0.5) is 19.0 Å². The van der Waals surface area contributed by atoms with E-state index < -0.39 is 29.4 Å². The molecule has 3 fully saturated rings. The maximum absolute atomic E-state index is 17.1. The van der Waals surface area contributed by atoms with Crippen LogP contribution in [0.15, 0.2) is 43.5 Å². The highest BCUT2D eigenvalue weighted by Gasteiger charge is 2.49. The molecule has 4 aromatic rings. The van der Waals surface area contributed by atoms with Gasteiger partial charge in [0.2, 0.25) is 5.88 Å². The maximum atomic E-state index is 17.1. The molecule has 2 N–H and O–H groups in total. The summed E-state index contributed by atoms with van der Waals surface area (Å²) in [6.07, 6.45) is 4.69. The highest BCUT2D eigenvalue weighted by atomic mass is 19.1. The number of piperazine rings is 1. The molecular weight excluding hydrogens is 621 g/mol. The van der Waals surface area contributed by atoms with Crippen molar-refractivity contribution in [2.75, 3.05) is 37.7 Å². The number of rotatable bonds is 7. The van der Waals surface area contributed by atoms with Crippen LogP contribution in [0.25, 0.3) is 39.0 Å². The largest absolute Gasteiger partial charge is 0.508 e. The van der Waals surface area contributed by atoms with Gasteiger partial charge in [-0.2, -0.15) is 9.97 Å². The Hall–Kier alpha value is -4.42. The van der Waals surface area contributed by atoms with Crippen molar-refractivity contribution in [1.82, 2.24) is 25.2 Å². The number of aromatic hydroxyl groups is 1. The van der Waals surface area contributed by atoms with Crippen LogP contribution in [0.5, 0.6) is 17.6 Å². The van der Waals surface area contributed by atoms with Crippen molar-refractivity contribution in [1.29, 1.82) is 0 Å². The second kappa shape index (κ2) is 11.6. The van der Waals surface area contributed by atoms with Crippen LogP contribution in [0.3, 0.4) is 0 Å². The average Bonchev–Trinajstić information content (AvgIpc) is 3.56. The minimum absolute atomic E-state index is 0.0336. The summed E-state index contributed by atoms with van der Waals surface area (Å²) in [5.41, 5.74) is -0.409. The van der Waals surface area contributed by atoms with Gasteiger partial charge in [0.25, 0.3) is 0 Å². The van der Waals surface area contributed by atoms with Crippen molar-refractivity contribution >= 4 is 33.6 Å². The number of fused-ring (bicyclic) bond motifs is 4. The Morgan fingerprint density at radius 2 is 2.02 bits per heavy atom. The summed E-state index contributed by atoms with van der Waals surface area (Å²) in [5, 5.41) is 15.4. The number of benzene rings is 2. The van der Waals surface area contributed by atoms with E-state index in [1.807, 2.05) is 13.0 Å². The molecular formula is C36H37F3N6O3. The van der Waals surface area contributed by atoms with E-state index in [0.717, 1.165) is 19.4 Å². The number of anilines is 1. The highest BCUT2D eigenvalue weighted by Crippen LogP contribution is 2.45. The second-order valence-corrected chi connectivity index (χ2v) is 13.4. The molecule has 48 heavy (non-hydrogen) atoms. The molecule has 9 nitrogen and oxygen atoms in total. The predicted molar refractivity (Wildman–Crippen MR) is 178 cm³/mol. The summed E-state index contributed by atoms with van der Waals surface area (Å²) in [6.45, 7) is 12.1. The third-order valence-electron chi connectivity index (χ3n) is 10.5. The smallest absolute Gasteiger partial charge is 0.319 e. The quantitative estimate of drug-likeness (QED) is 0.234. The normalized spacial score (nSPS) is 26.6. The number of ether oxygens (including phenoxy) is 2. The van der Waals surface area contributed by atoms with E-state index in [2.05, 4.69) is 33.3 Å². The van der Waals surface area contributed by atoms with Crippen LogP contribution >= 0.6 is 0 Å². The number of hydrogen-bond acceptors (Lipinski definition) is 9. The Morgan fingerprint density at radius 1 is 1.17 bits per heavy atom. The van der Waals surface area contributed by atoms with Crippen molar-refractivity contribution in [2.24, 2.45) is 0 Å². The minimum Gasteiger partial charge on any atom is -0.508 e. The maximum Gasteiger partial charge on any atom is 0.319 e. The first-order valence-corrected chi connectivity index (χ1v) is 16.5. The summed E-state index contributed by atoms with van der Waals surface area (Å²) in [6, 6.07) is 5.47. The van der Waals surface area contributed by atoms with Gasteiger partial charge in [-0.15, -0.1) is 6.58 Å². The average molecular weight is 659 g/mol. The Morgan fingerprint density at radius 3 is 2.83 bits per heavy atom. The lowest BCUT2D eigenvalue weighted by atomic mass is 9.95. The van der Waals surface area contributed by atoms with Gasteiger partial charge in [-0.25, -0.2) is 18.2 Å². The number of phenols is 1. The number of phenolic OH excluding ortho intramolecular Hbond substituents is 1. The summed E-state index contributed by atoms with van der Waals surface area (Å²) >= 11 is 0. The van der Waals surface area contributed by atoms with Crippen molar-refractivity contribution < 1.29 is 27.8 Å². The lowest BCUT2D eigenvalue weighted by molar-refractivity contribution is 0.107. The van der Waals surface area contributed by atoms with E-state index >= 15 is 8.78 Å². The zero-order valence-electron chi connectivity index (χ0n) is 26.7. The molecule has 8 rings (SSSR count). The molecule has 0 aliphatic carbocycles. The van der Waals surface area contributed by atoms with Gasteiger partial charge in [0.1, 0.15) is 52.9 Å². The lowest BCUT2D eigenvalue weighted by Crippen LogP contribution is -2.60. The van der Waals surface area contributed by atoms with Gasteiger partial charge in [0, 0.05) is 48.6 Å². The SMILES string of the molecule is C=CC[C@@H]1CN2c3nc(OC[C@@]45CCCN4C[C@H](F)C5)nc4c(F)c(-c5cc(O)cc6ccc(F)c(C=C)c56)nc(c34)O[C@@H](C)[C@@H]2CN1. The lowest BCUT2D eigenvalue weighted by Gasteiger charge is -2.42. The standard InChI is InChI=1S/C36H37F3N6O3/c1-4-7-22-17-45-27(15-40-22)19(3)48-34-29-32(42-35(43-33(29)45)47-18-36-10-6-11-44(36)16-21(37)14-36)30(39)31(41-34)25-13-23(46)12-20-8-9-26(38)24(5-2)28(20)25/h4-5,8-9,12-13,19,21-22,27,40,46H,1-2,6-7,10-11,14-18H2,3H3/t19-,21+,22+,27-,36-/m0/s1. The number of alkyl halides is 1. The molecule has 3 saturated heterocycles. The van der Waals surface area contributed by atoms with Crippen LogP contribution in [-0.2, 0) is 0 Å². The number of hydrogen-bond donors (Lipinski definition) is 2. The van der Waals surface area contributed by atoms with E-state index in [-0.39, 0.29) is 58.7 Å². The molecule has 4 aliphatic rings. The van der Waals surface area contributed by atoms with Gasteiger partial charge >= 0.3 is 6.01 Å². The molecule has 6 heterocycles. The van der Waals surface area contributed by atoms with Gasteiger partial charge in [-0.1, -0.05) is 24.8 Å². The first-order chi connectivity index (χ1) is 23.2. The minimum atomic E-state index is -0.936. The van der Waals surface area contributed by atoms with E-state index in [9.17, 15) is 9.50 Å². The summed E-state index contributed by atoms with van der Waals surface area (Å²) in [7, 11) is 0. The summed E-state index contributed by atoms with van der Waals surface area (Å²) in [4.78, 5) is 18.5. The molecule has 0 radical (unpaired) electrons. The van der Waals surface area contributed by atoms with Crippen LogP contribution < -0.4 is 19.7 Å². The Kier molecular flexibility index (Phi) is 7.48. The Labute approximate surface area is 276 Å². The molecule has 5 atom stereocenters. The van der Waals surface area contributed by atoms with Crippen LogP contribution in [-0.4, -0.2) is 87.6 Å². The number of nitrogens with one attached hydrogen (secondary N) is 1. The predicted octanol–water partition coefficient (Wildman–Crippen LogP) is 5.93. The first kappa shape index (κ1) is 30.9. The zero-order valence-corrected chi connectivity index (χ0v) is 26.7. The second-order valence-electron chi connectivity index (χ2n) is 13.4. The number of pyridine rings is 1. The molecule has 2 aromatic heterocycles. The van der Waals surface area contributed by atoms with Crippen molar-refractivity contribution in [2.45, 2.75) is 62.5 Å². The van der Waals surface area contributed by atoms with Crippen molar-refractivity contribution in [3.63, 3.8) is 0 Å². The van der Waals surface area contributed by atoms with Crippen molar-refractivity contribution in [3.05, 3.63) is 60.7 Å². The third-order valence-corrected chi connectivity index (χ3v) is 10.5. The number of aromatic nitrogens is 3. The molecule has 12 heteroatoms. The Bertz CT molecular complexity index is 1980. The molecule has 250 valence electrons. The van der Waals surface area contributed by atoms with E-state index in [1.54, 1.807) is 0 Å². The van der Waals surface area contributed by atoms with Gasteiger partial charge < -0.3 is 24.8 Å². The molecule has 2 aromatic carbocycles. The molecule has 0 spiro atoms. The van der Waals surface area contributed by atoms with E-state index in [1.165, 1.54) is 30.3 Å².